The van der Waals surface area contributed by atoms with Gasteiger partial charge in [0, 0.05) is 35.4 Å². The van der Waals surface area contributed by atoms with E-state index in [-0.39, 0.29) is 11.9 Å². The number of para-hydroxylation sites is 1. The highest BCUT2D eigenvalue weighted by Crippen LogP contribution is 2.24. The number of rotatable bonds is 4. The number of hydrogen-bond donors (Lipinski definition) is 5. The summed E-state index contributed by atoms with van der Waals surface area (Å²) in [6.07, 6.45) is 2.46. The second kappa shape index (κ2) is 5.84. The molecule has 0 aliphatic carbocycles. The van der Waals surface area contributed by atoms with Crippen LogP contribution in [0.5, 0.6) is 0 Å². The zero-order chi connectivity index (χ0) is 16.5. The number of pyridine rings is 1. The van der Waals surface area contributed by atoms with Crippen molar-refractivity contribution >= 4 is 33.7 Å². The van der Waals surface area contributed by atoms with Gasteiger partial charge in [0.25, 0.3) is 5.91 Å². The zero-order valence-corrected chi connectivity index (χ0v) is 13.0. The molecule has 1 atom stereocenters. The first kappa shape index (κ1) is 14.5. The largest absolute Gasteiger partial charge is 0.355 e. The molecule has 1 aliphatic heterocycles. The Morgan fingerprint density at radius 3 is 3.00 bits per heavy atom. The van der Waals surface area contributed by atoms with E-state index < -0.39 is 0 Å². The fraction of sp³-hybridized carbons (Fsp3) is 0.235. The molecule has 1 fully saturated rings. The Kier molecular flexibility index (Phi) is 3.53. The molecule has 2 aromatic heterocycles. The molecular weight excluding hydrogens is 304 g/mol. The summed E-state index contributed by atoms with van der Waals surface area (Å²) >= 11 is 0. The van der Waals surface area contributed by atoms with Crippen molar-refractivity contribution in [2.24, 2.45) is 0 Å². The van der Waals surface area contributed by atoms with Crippen LogP contribution >= 0.6 is 0 Å². The maximum absolute atomic E-state index is 12.3. The molecular formula is C17H18N6O. The Hall–Kier alpha value is -3.09. The number of fused-ring (bicyclic) bond motifs is 3. The summed E-state index contributed by atoms with van der Waals surface area (Å²) in [7, 11) is 0. The molecule has 4 rings (SSSR count). The second-order valence-corrected chi connectivity index (χ2v) is 5.93. The van der Waals surface area contributed by atoms with Crippen LogP contribution in [0, 0.1) is 5.41 Å². The summed E-state index contributed by atoms with van der Waals surface area (Å²) in [5.74, 6) is 0.168. The number of carbonyl (C=O) groups is 1. The highest BCUT2D eigenvalue weighted by atomic mass is 16.1. The fourth-order valence-corrected chi connectivity index (χ4v) is 3.03. The first-order valence-electron chi connectivity index (χ1n) is 7.94. The molecule has 7 heteroatoms. The number of hydrogen-bond acceptors (Lipinski definition) is 3. The van der Waals surface area contributed by atoms with E-state index in [1.165, 1.54) is 0 Å². The number of benzene rings is 1. The van der Waals surface area contributed by atoms with Crippen molar-refractivity contribution in [2.75, 3.05) is 13.1 Å². The van der Waals surface area contributed by atoms with Crippen molar-refractivity contribution in [3.8, 4) is 0 Å². The lowest BCUT2D eigenvalue weighted by molar-refractivity contribution is 0.0948. The summed E-state index contributed by atoms with van der Waals surface area (Å²) in [4.78, 5) is 19.9. The zero-order valence-electron chi connectivity index (χ0n) is 13.0. The van der Waals surface area contributed by atoms with E-state index in [0.717, 1.165) is 28.2 Å². The second-order valence-electron chi connectivity index (χ2n) is 5.93. The molecule has 0 saturated carbocycles. The van der Waals surface area contributed by atoms with Gasteiger partial charge in [0.15, 0.2) is 5.96 Å². The van der Waals surface area contributed by atoms with Gasteiger partial charge in [-0.2, -0.15) is 0 Å². The Balaban J connectivity index is 1.47. The Bertz CT molecular complexity index is 931. The van der Waals surface area contributed by atoms with Crippen molar-refractivity contribution in [3.63, 3.8) is 0 Å². The van der Waals surface area contributed by atoms with E-state index in [1.807, 2.05) is 30.3 Å². The minimum absolute atomic E-state index is 0.178. The Morgan fingerprint density at radius 2 is 2.17 bits per heavy atom. The smallest absolute Gasteiger partial charge is 0.269 e. The molecule has 1 aromatic carbocycles. The van der Waals surface area contributed by atoms with Crippen LogP contribution in [0.2, 0.25) is 0 Å². The molecule has 1 amide bonds. The number of nitrogens with one attached hydrogen (secondary N) is 5. The molecule has 1 aliphatic rings. The van der Waals surface area contributed by atoms with Crippen molar-refractivity contribution in [2.45, 2.75) is 12.5 Å². The first-order valence-corrected chi connectivity index (χ1v) is 7.94. The van der Waals surface area contributed by atoms with Crippen molar-refractivity contribution < 1.29 is 4.79 Å². The number of nitrogens with zero attached hydrogens (tertiary/aromatic N) is 1. The molecule has 0 radical (unpaired) electrons. The topological polar surface area (TPSA) is 106 Å². The molecule has 122 valence electrons. The quantitative estimate of drug-likeness (QED) is 0.500. The average molecular weight is 322 g/mol. The maximum Gasteiger partial charge on any atom is 0.269 e. The Labute approximate surface area is 138 Å². The molecule has 24 heavy (non-hydrogen) atoms. The van der Waals surface area contributed by atoms with Crippen LogP contribution in [-0.2, 0) is 0 Å². The lowest BCUT2D eigenvalue weighted by Crippen LogP contribution is -2.33. The first-order chi connectivity index (χ1) is 11.7. The third-order valence-corrected chi connectivity index (χ3v) is 4.28. The number of aromatic nitrogens is 2. The van der Waals surface area contributed by atoms with Gasteiger partial charge in [0.2, 0.25) is 0 Å². The number of H-pyrrole nitrogens is 1. The van der Waals surface area contributed by atoms with Gasteiger partial charge in [-0.25, -0.2) is 4.98 Å². The van der Waals surface area contributed by atoms with E-state index >= 15 is 0 Å². The molecule has 0 bridgehead atoms. The van der Waals surface area contributed by atoms with Crippen molar-refractivity contribution in [3.05, 3.63) is 42.2 Å². The van der Waals surface area contributed by atoms with Crippen LogP contribution in [0.15, 0.2) is 36.5 Å². The number of guanidine groups is 1. The predicted octanol–water partition coefficient (Wildman–Crippen LogP) is 1.33. The van der Waals surface area contributed by atoms with Crippen molar-refractivity contribution in [1.29, 1.82) is 5.41 Å². The van der Waals surface area contributed by atoms with Crippen molar-refractivity contribution in [1.82, 2.24) is 25.9 Å². The third kappa shape index (κ3) is 2.64. The molecule has 0 spiro atoms. The number of amides is 1. The van der Waals surface area contributed by atoms with Gasteiger partial charge in [0.05, 0.1) is 11.7 Å². The summed E-state index contributed by atoms with van der Waals surface area (Å²) < 4.78 is 0. The fourth-order valence-electron chi connectivity index (χ4n) is 3.03. The number of carbonyl (C=O) groups excluding carboxylic acids is 1. The van der Waals surface area contributed by atoms with E-state index in [4.69, 9.17) is 5.41 Å². The lowest BCUT2D eigenvalue weighted by Gasteiger charge is -2.09. The van der Waals surface area contributed by atoms with Gasteiger partial charge >= 0.3 is 0 Å². The molecule has 3 aromatic rings. The standard InChI is InChI=1S/C17H18N6O/c18-17-21-8-10(22-17)5-6-19-16(24)14-7-12-11-3-1-2-4-13(11)23-15(12)9-20-14/h1-4,7,9-10,23H,5-6,8H2,(H,19,24)(H3,18,21,22). The van der Waals surface area contributed by atoms with Crippen LogP contribution in [0.1, 0.15) is 16.9 Å². The van der Waals surface area contributed by atoms with E-state index in [9.17, 15) is 4.79 Å². The highest BCUT2D eigenvalue weighted by molar-refractivity contribution is 6.09. The molecule has 7 nitrogen and oxygen atoms in total. The van der Waals surface area contributed by atoms with E-state index in [1.54, 1.807) is 6.20 Å². The normalized spacial score (nSPS) is 17.0. The van der Waals surface area contributed by atoms with Gasteiger partial charge in [-0.1, -0.05) is 18.2 Å². The molecule has 1 unspecified atom stereocenters. The third-order valence-electron chi connectivity index (χ3n) is 4.28. The Morgan fingerprint density at radius 1 is 1.29 bits per heavy atom. The number of aromatic amines is 1. The lowest BCUT2D eigenvalue weighted by atomic mass is 10.1. The van der Waals surface area contributed by atoms with Gasteiger partial charge < -0.3 is 20.9 Å². The van der Waals surface area contributed by atoms with Gasteiger partial charge in [0.1, 0.15) is 5.69 Å². The van der Waals surface area contributed by atoms with Crippen LogP contribution in [-0.4, -0.2) is 41.0 Å². The van der Waals surface area contributed by atoms with Crippen LogP contribution in [0.4, 0.5) is 0 Å². The van der Waals surface area contributed by atoms with Gasteiger partial charge in [-0.15, -0.1) is 0 Å². The average Bonchev–Trinajstić information content (AvgIpc) is 3.17. The maximum atomic E-state index is 12.3. The summed E-state index contributed by atoms with van der Waals surface area (Å²) in [6, 6.07) is 10.0. The van der Waals surface area contributed by atoms with Gasteiger partial charge in [-0.3, -0.25) is 10.2 Å². The molecule has 5 N–H and O–H groups in total. The summed E-state index contributed by atoms with van der Waals surface area (Å²) in [6.45, 7) is 1.26. The monoisotopic (exact) mass is 322 g/mol. The summed E-state index contributed by atoms with van der Waals surface area (Å²) in [5.41, 5.74) is 2.37. The highest BCUT2D eigenvalue weighted by Gasteiger charge is 2.17. The minimum atomic E-state index is -0.178. The minimum Gasteiger partial charge on any atom is -0.355 e. The molecule has 3 heterocycles. The van der Waals surface area contributed by atoms with Crippen LogP contribution in [0.3, 0.4) is 0 Å². The van der Waals surface area contributed by atoms with Gasteiger partial charge in [-0.05, 0) is 18.6 Å². The SMILES string of the molecule is N=C1NCC(CCNC(=O)c2cc3c(cn2)[nH]c2ccccc23)N1. The summed E-state index contributed by atoms with van der Waals surface area (Å²) in [5, 5.41) is 18.3. The molecule has 1 saturated heterocycles. The van der Waals surface area contributed by atoms with Crippen LogP contribution < -0.4 is 16.0 Å². The van der Waals surface area contributed by atoms with Crippen LogP contribution in [0.25, 0.3) is 21.8 Å². The van der Waals surface area contributed by atoms with E-state index in [2.05, 4.69) is 25.9 Å². The van der Waals surface area contributed by atoms with E-state index in [0.29, 0.717) is 24.7 Å². The predicted molar refractivity (Wildman–Crippen MR) is 93.2 cm³/mol.